The molecule has 154 valence electrons. The Bertz CT molecular complexity index is 876. The Hall–Kier alpha value is -1.36. The molecule has 2 amide bonds. The lowest BCUT2D eigenvalue weighted by molar-refractivity contribution is -0.132. The minimum atomic E-state index is -0.0991. The van der Waals surface area contributed by atoms with Crippen LogP contribution >= 0.6 is 45.2 Å². The number of rotatable bonds is 5. The number of carbonyl (C=O) groups excluding carboxylic acids is 2. The number of nitrogens with zero attached hydrogens (tertiary/aromatic N) is 2. The molecule has 2 aromatic carbocycles. The number of piperazine rings is 1. The van der Waals surface area contributed by atoms with Gasteiger partial charge in [-0.15, -0.1) is 0 Å². The maximum Gasteiger partial charge on any atom is 0.256 e. The fourth-order valence-corrected chi connectivity index (χ4v) is 4.39. The summed E-state index contributed by atoms with van der Waals surface area (Å²) in [5, 5.41) is 2.98. The topological polar surface area (TPSA) is 52.7 Å². The average molecular weight is 617 g/mol. The largest absolute Gasteiger partial charge is 0.368 e. The number of benzene rings is 2. The van der Waals surface area contributed by atoms with Crippen molar-refractivity contribution in [2.45, 2.75) is 20.3 Å². The van der Waals surface area contributed by atoms with E-state index in [1.807, 2.05) is 47.4 Å². The van der Waals surface area contributed by atoms with Crippen LogP contribution in [0.15, 0.2) is 42.5 Å². The van der Waals surface area contributed by atoms with Crippen molar-refractivity contribution in [2.24, 2.45) is 5.92 Å². The molecule has 1 N–H and O–H groups in total. The third-order valence-corrected chi connectivity index (χ3v) is 6.49. The molecule has 0 aliphatic carbocycles. The second-order valence-corrected chi connectivity index (χ2v) is 10.00. The Morgan fingerprint density at radius 3 is 2.28 bits per heavy atom. The van der Waals surface area contributed by atoms with Gasteiger partial charge < -0.3 is 15.1 Å². The Morgan fingerprint density at radius 1 is 1.00 bits per heavy atom. The highest BCUT2D eigenvalue weighted by atomic mass is 127. The van der Waals surface area contributed by atoms with Crippen molar-refractivity contribution in [1.29, 1.82) is 0 Å². The normalized spacial score (nSPS) is 14.2. The van der Waals surface area contributed by atoms with Gasteiger partial charge in [0.25, 0.3) is 5.91 Å². The first-order valence-electron chi connectivity index (χ1n) is 9.72. The van der Waals surface area contributed by atoms with Gasteiger partial charge in [-0.1, -0.05) is 13.8 Å². The standard InChI is InChI=1S/C22H25I2N3O2/c1-15(2)13-21(28)27-11-9-26(10-12-27)18-6-4-17(5-7-18)25-22(29)19-14-16(23)3-8-20(19)24/h3-8,14-15H,9-13H2,1-2H3,(H,25,29). The van der Waals surface area contributed by atoms with E-state index in [1.54, 1.807) is 0 Å². The molecule has 7 heteroatoms. The molecular weight excluding hydrogens is 592 g/mol. The van der Waals surface area contributed by atoms with Crippen LogP contribution in [0, 0.1) is 13.1 Å². The molecule has 1 heterocycles. The van der Waals surface area contributed by atoms with Crippen LogP contribution in [0.5, 0.6) is 0 Å². The molecule has 0 atom stereocenters. The van der Waals surface area contributed by atoms with Crippen LogP contribution in [0.25, 0.3) is 0 Å². The van der Waals surface area contributed by atoms with E-state index in [0.717, 1.165) is 44.7 Å². The molecule has 0 aromatic heterocycles. The second kappa shape index (κ2) is 10.1. The lowest BCUT2D eigenvalue weighted by atomic mass is 10.1. The van der Waals surface area contributed by atoms with Crippen molar-refractivity contribution in [2.75, 3.05) is 36.4 Å². The number of nitrogens with one attached hydrogen (secondary N) is 1. The first-order valence-corrected chi connectivity index (χ1v) is 11.9. The van der Waals surface area contributed by atoms with E-state index in [2.05, 4.69) is 69.2 Å². The SMILES string of the molecule is CC(C)CC(=O)N1CCN(c2ccc(NC(=O)c3cc(I)ccc3I)cc2)CC1. The van der Waals surface area contributed by atoms with Gasteiger partial charge in [0, 0.05) is 51.1 Å². The highest BCUT2D eigenvalue weighted by Gasteiger charge is 2.21. The zero-order valence-electron chi connectivity index (χ0n) is 16.6. The molecule has 29 heavy (non-hydrogen) atoms. The number of amides is 2. The van der Waals surface area contributed by atoms with E-state index in [4.69, 9.17) is 0 Å². The molecule has 1 fully saturated rings. The molecule has 3 rings (SSSR count). The van der Waals surface area contributed by atoms with Crippen molar-refractivity contribution in [3.8, 4) is 0 Å². The fourth-order valence-electron chi connectivity index (χ4n) is 3.32. The molecule has 0 bridgehead atoms. The van der Waals surface area contributed by atoms with Gasteiger partial charge in [-0.05, 0) is 93.6 Å². The zero-order valence-corrected chi connectivity index (χ0v) is 20.9. The van der Waals surface area contributed by atoms with Gasteiger partial charge in [0.1, 0.15) is 0 Å². The lowest BCUT2D eigenvalue weighted by Crippen LogP contribution is -2.49. The molecule has 1 saturated heterocycles. The third kappa shape index (κ3) is 6.07. The summed E-state index contributed by atoms with van der Waals surface area (Å²) < 4.78 is 1.97. The average Bonchev–Trinajstić information content (AvgIpc) is 2.70. The molecule has 0 unspecified atom stereocenters. The van der Waals surface area contributed by atoms with Gasteiger partial charge in [-0.25, -0.2) is 0 Å². The Morgan fingerprint density at radius 2 is 1.66 bits per heavy atom. The van der Waals surface area contributed by atoms with Gasteiger partial charge in [0.05, 0.1) is 5.56 Å². The predicted molar refractivity (Wildman–Crippen MR) is 135 cm³/mol. The summed E-state index contributed by atoms with van der Waals surface area (Å²) in [5.41, 5.74) is 2.57. The number of hydrogen-bond donors (Lipinski definition) is 1. The van der Waals surface area contributed by atoms with Gasteiger partial charge in [0.2, 0.25) is 5.91 Å². The maximum atomic E-state index is 12.6. The summed E-state index contributed by atoms with van der Waals surface area (Å²) in [6.45, 7) is 7.33. The molecule has 0 saturated carbocycles. The van der Waals surface area contributed by atoms with Crippen molar-refractivity contribution in [3.63, 3.8) is 0 Å². The minimum Gasteiger partial charge on any atom is -0.368 e. The lowest BCUT2D eigenvalue weighted by Gasteiger charge is -2.36. The van der Waals surface area contributed by atoms with Crippen LogP contribution in [0.4, 0.5) is 11.4 Å². The van der Waals surface area contributed by atoms with E-state index in [1.165, 1.54) is 0 Å². The predicted octanol–water partition coefficient (Wildman–Crippen LogP) is 4.84. The van der Waals surface area contributed by atoms with Crippen LogP contribution < -0.4 is 10.2 Å². The van der Waals surface area contributed by atoms with Crippen LogP contribution in [0.1, 0.15) is 30.6 Å². The van der Waals surface area contributed by atoms with Gasteiger partial charge in [-0.2, -0.15) is 0 Å². The Balaban J connectivity index is 1.57. The van der Waals surface area contributed by atoms with E-state index in [0.29, 0.717) is 17.9 Å². The molecular formula is C22H25I2N3O2. The van der Waals surface area contributed by atoms with Crippen LogP contribution in [-0.4, -0.2) is 42.9 Å². The van der Waals surface area contributed by atoms with Gasteiger partial charge >= 0.3 is 0 Å². The molecule has 2 aromatic rings. The Kier molecular flexibility index (Phi) is 7.78. The number of hydrogen-bond acceptors (Lipinski definition) is 3. The highest BCUT2D eigenvalue weighted by molar-refractivity contribution is 14.1. The zero-order chi connectivity index (χ0) is 21.0. The minimum absolute atomic E-state index is 0.0991. The second-order valence-electron chi connectivity index (χ2n) is 7.59. The van der Waals surface area contributed by atoms with Crippen molar-refractivity contribution in [1.82, 2.24) is 4.90 Å². The van der Waals surface area contributed by atoms with Gasteiger partial charge in [-0.3, -0.25) is 9.59 Å². The summed E-state index contributed by atoms with van der Waals surface area (Å²) >= 11 is 4.40. The van der Waals surface area contributed by atoms with Crippen molar-refractivity contribution >= 4 is 68.4 Å². The summed E-state index contributed by atoms with van der Waals surface area (Å²) in [6.07, 6.45) is 0.619. The first kappa shape index (κ1) is 22.3. The number of anilines is 2. The van der Waals surface area contributed by atoms with Crippen molar-refractivity contribution < 1.29 is 9.59 Å². The molecule has 5 nitrogen and oxygen atoms in total. The maximum absolute atomic E-state index is 12.6. The van der Waals surface area contributed by atoms with Crippen LogP contribution in [0.2, 0.25) is 0 Å². The quantitative estimate of drug-likeness (QED) is 0.489. The third-order valence-electron chi connectivity index (χ3n) is 4.88. The van der Waals surface area contributed by atoms with Crippen molar-refractivity contribution in [3.05, 3.63) is 55.2 Å². The van der Waals surface area contributed by atoms with E-state index in [-0.39, 0.29) is 11.8 Å². The summed E-state index contributed by atoms with van der Waals surface area (Å²) in [4.78, 5) is 29.1. The fraction of sp³-hybridized carbons (Fsp3) is 0.364. The highest BCUT2D eigenvalue weighted by Crippen LogP contribution is 2.22. The number of carbonyl (C=O) groups is 2. The van der Waals surface area contributed by atoms with Crippen LogP contribution in [-0.2, 0) is 4.79 Å². The van der Waals surface area contributed by atoms with E-state index in [9.17, 15) is 9.59 Å². The van der Waals surface area contributed by atoms with E-state index < -0.39 is 0 Å². The molecule has 1 aliphatic rings. The summed E-state index contributed by atoms with van der Waals surface area (Å²) in [6, 6.07) is 13.8. The Labute approximate surface area is 199 Å². The summed E-state index contributed by atoms with van der Waals surface area (Å²) in [7, 11) is 0. The molecule has 1 aliphatic heterocycles. The first-order chi connectivity index (χ1) is 13.8. The van der Waals surface area contributed by atoms with E-state index >= 15 is 0 Å². The molecule has 0 spiro atoms. The van der Waals surface area contributed by atoms with Gasteiger partial charge in [0.15, 0.2) is 0 Å². The smallest absolute Gasteiger partial charge is 0.256 e. The summed E-state index contributed by atoms with van der Waals surface area (Å²) in [5.74, 6) is 0.548. The van der Waals surface area contributed by atoms with Crippen LogP contribution in [0.3, 0.4) is 0 Å². The molecule has 0 radical (unpaired) electrons. The monoisotopic (exact) mass is 617 g/mol. The number of halogens is 2.